The molecule has 0 unspecified atom stereocenters. The number of hydrogen-bond acceptors (Lipinski definition) is 2. The van der Waals surface area contributed by atoms with Gasteiger partial charge in [0.1, 0.15) is 6.54 Å². The number of fused-ring (bicyclic) bond motifs is 1. The van der Waals surface area contributed by atoms with Gasteiger partial charge in [-0.05, 0) is 54.8 Å². The highest BCUT2D eigenvalue weighted by Crippen LogP contribution is 2.18. The second-order valence-electron chi connectivity index (χ2n) is 5.81. The molecule has 0 saturated carbocycles. The Labute approximate surface area is 140 Å². The lowest BCUT2D eigenvalue weighted by Crippen LogP contribution is -2.18. The van der Waals surface area contributed by atoms with Gasteiger partial charge in [0.15, 0.2) is 0 Å². The summed E-state index contributed by atoms with van der Waals surface area (Å²) in [6, 6.07) is 15.2. The Morgan fingerprint density at radius 1 is 0.958 bits per heavy atom. The van der Waals surface area contributed by atoms with Gasteiger partial charge in [-0.1, -0.05) is 11.6 Å². The molecule has 0 aliphatic heterocycles. The Balaban J connectivity index is 1.67. The molecule has 0 fully saturated rings. The van der Waals surface area contributed by atoms with E-state index in [0.717, 1.165) is 10.9 Å². The smallest absolute Gasteiger partial charge is 0.244 e. The number of aromatic nitrogens is 1. The fourth-order valence-electron chi connectivity index (χ4n) is 2.65. The molecule has 2 N–H and O–H groups in total. The molecule has 0 spiro atoms. The van der Waals surface area contributed by atoms with Crippen molar-refractivity contribution in [2.24, 2.45) is 0 Å². The van der Waals surface area contributed by atoms with E-state index in [4.69, 9.17) is 0 Å². The maximum absolute atomic E-state index is 12.3. The normalized spacial score (nSPS) is 10.6. The molecule has 0 saturated heterocycles. The van der Waals surface area contributed by atoms with E-state index < -0.39 is 0 Å². The van der Waals surface area contributed by atoms with Crippen LogP contribution in [0.5, 0.6) is 0 Å². The first-order valence-electron chi connectivity index (χ1n) is 7.74. The molecule has 1 heterocycles. The first-order chi connectivity index (χ1) is 11.5. The van der Waals surface area contributed by atoms with Gasteiger partial charge in [0, 0.05) is 30.0 Å². The summed E-state index contributed by atoms with van der Waals surface area (Å²) in [5.41, 5.74) is 3.63. The minimum Gasteiger partial charge on any atom is -0.338 e. The summed E-state index contributed by atoms with van der Waals surface area (Å²) in [6.07, 6.45) is 1.92. The summed E-state index contributed by atoms with van der Waals surface area (Å²) in [5, 5.41) is 6.68. The Kier molecular flexibility index (Phi) is 4.33. The minimum absolute atomic E-state index is 0.0969. The second kappa shape index (κ2) is 6.58. The quantitative estimate of drug-likeness (QED) is 0.772. The number of carbonyl (C=O) groups excluding carboxylic acids is 2. The molecule has 24 heavy (non-hydrogen) atoms. The molecule has 0 bridgehead atoms. The van der Waals surface area contributed by atoms with Crippen molar-refractivity contribution >= 4 is 34.1 Å². The summed E-state index contributed by atoms with van der Waals surface area (Å²) in [5.74, 6) is -0.220. The summed E-state index contributed by atoms with van der Waals surface area (Å²) in [7, 11) is 0. The number of nitrogens with zero attached hydrogens (tertiary/aromatic N) is 1. The molecular weight excluding hydrogens is 302 g/mol. The molecule has 3 rings (SSSR count). The third kappa shape index (κ3) is 3.63. The third-order valence-electron chi connectivity index (χ3n) is 3.73. The topological polar surface area (TPSA) is 63.1 Å². The van der Waals surface area contributed by atoms with Crippen molar-refractivity contribution in [1.29, 1.82) is 0 Å². The maximum atomic E-state index is 12.3. The van der Waals surface area contributed by atoms with Crippen LogP contribution in [0.3, 0.4) is 0 Å². The van der Waals surface area contributed by atoms with Crippen molar-refractivity contribution in [2.75, 3.05) is 10.6 Å². The molecular formula is C19H19N3O2. The Bertz CT molecular complexity index is 895. The lowest BCUT2D eigenvalue weighted by molar-refractivity contribution is -0.116. The first kappa shape index (κ1) is 15.8. The zero-order valence-corrected chi connectivity index (χ0v) is 13.7. The van der Waals surface area contributed by atoms with Crippen LogP contribution < -0.4 is 10.6 Å². The third-order valence-corrected chi connectivity index (χ3v) is 3.73. The van der Waals surface area contributed by atoms with E-state index in [9.17, 15) is 9.59 Å². The van der Waals surface area contributed by atoms with Crippen LogP contribution in [0.15, 0.2) is 54.7 Å². The summed E-state index contributed by atoms with van der Waals surface area (Å²) in [4.78, 5) is 23.2. The fraction of sp³-hybridized carbons (Fsp3) is 0.158. The summed E-state index contributed by atoms with van der Waals surface area (Å²) >= 11 is 0. The summed E-state index contributed by atoms with van der Waals surface area (Å²) < 4.78 is 1.93. The Hall–Kier alpha value is -3.08. The van der Waals surface area contributed by atoms with Gasteiger partial charge >= 0.3 is 0 Å². The number of nitrogens with one attached hydrogen (secondary N) is 2. The molecule has 0 aliphatic carbocycles. The predicted molar refractivity (Wildman–Crippen MR) is 96.1 cm³/mol. The van der Waals surface area contributed by atoms with E-state index >= 15 is 0 Å². The molecule has 0 atom stereocenters. The average Bonchev–Trinajstić information content (AvgIpc) is 2.90. The largest absolute Gasteiger partial charge is 0.338 e. The molecule has 2 aromatic carbocycles. The molecule has 1 aromatic heterocycles. The van der Waals surface area contributed by atoms with Gasteiger partial charge < -0.3 is 15.2 Å². The monoisotopic (exact) mass is 321 g/mol. The lowest BCUT2D eigenvalue weighted by atomic mass is 10.2. The van der Waals surface area contributed by atoms with Crippen molar-refractivity contribution < 1.29 is 9.59 Å². The molecule has 2 amide bonds. The zero-order chi connectivity index (χ0) is 17.1. The van der Waals surface area contributed by atoms with Crippen LogP contribution in [0, 0.1) is 6.92 Å². The van der Waals surface area contributed by atoms with Crippen molar-refractivity contribution in [2.45, 2.75) is 20.4 Å². The van der Waals surface area contributed by atoms with Gasteiger partial charge in [0.2, 0.25) is 11.8 Å². The van der Waals surface area contributed by atoms with Crippen LogP contribution in [0.25, 0.3) is 10.9 Å². The average molecular weight is 321 g/mol. The number of amides is 2. The first-order valence-corrected chi connectivity index (χ1v) is 7.74. The van der Waals surface area contributed by atoms with Gasteiger partial charge in [0.05, 0.1) is 0 Å². The van der Waals surface area contributed by atoms with Crippen molar-refractivity contribution in [3.8, 4) is 0 Å². The molecule has 0 radical (unpaired) electrons. The van der Waals surface area contributed by atoms with Gasteiger partial charge in [-0.2, -0.15) is 0 Å². The van der Waals surface area contributed by atoms with Crippen LogP contribution in [0.1, 0.15) is 12.5 Å². The van der Waals surface area contributed by atoms with Crippen LogP contribution in [0.2, 0.25) is 0 Å². The number of rotatable bonds is 4. The number of carbonyl (C=O) groups is 2. The number of hydrogen-bond donors (Lipinski definition) is 2. The van der Waals surface area contributed by atoms with Gasteiger partial charge in [0.25, 0.3) is 0 Å². The lowest BCUT2D eigenvalue weighted by Gasteiger charge is -2.09. The molecule has 122 valence electrons. The van der Waals surface area contributed by atoms with Crippen molar-refractivity contribution in [1.82, 2.24) is 4.57 Å². The van der Waals surface area contributed by atoms with Crippen molar-refractivity contribution in [3.63, 3.8) is 0 Å². The second-order valence-corrected chi connectivity index (χ2v) is 5.81. The number of aryl methyl sites for hydroxylation is 1. The Morgan fingerprint density at radius 3 is 2.29 bits per heavy atom. The minimum atomic E-state index is -0.124. The van der Waals surface area contributed by atoms with Crippen LogP contribution >= 0.6 is 0 Å². The van der Waals surface area contributed by atoms with Gasteiger partial charge in [-0.25, -0.2) is 0 Å². The van der Waals surface area contributed by atoms with E-state index in [0.29, 0.717) is 11.4 Å². The molecule has 3 aromatic rings. The highest BCUT2D eigenvalue weighted by atomic mass is 16.2. The van der Waals surface area contributed by atoms with Crippen molar-refractivity contribution in [3.05, 3.63) is 60.3 Å². The SMILES string of the molecule is CC(=O)Nc1ccc(NC(=O)Cn2ccc3cc(C)ccc32)cc1. The Morgan fingerprint density at radius 2 is 1.62 bits per heavy atom. The zero-order valence-electron chi connectivity index (χ0n) is 13.7. The van der Waals surface area contributed by atoms with Crippen LogP contribution in [0.4, 0.5) is 11.4 Å². The van der Waals surface area contributed by atoms with Gasteiger partial charge in [-0.15, -0.1) is 0 Å². The van der Waals surface area contributed by atoms with Crippen LogP contribution in [-0.2, 0) is 16.1 Å². The highest BCUT2D eigenvalue weighted by molar-refractivity contribution is 5.93. The van der Waals surface area contributed by atoms with Gasteiger partial charge in [-0.3, -0.25) is 9.59 Å². The fourth-order valence-corrected chi connectivity index (χ4v) is 2.65. The number of benzene rings is 2. The van der Waals surface area contributed by atoms with E-state index in [2.05, 4.69) is 16.7 Å². The van der Waals surface area contributed by atoms with E-state index in [1.807, 2.05) is 35.9 Å². The molecule has 0 aliphatic rings. The van der Waals surface area contributed by atoms with E-state index in [1.54, 1.807) is 24.3 Å². The van der Waals surface area contributed by atoms with Crippen LogP contribution in [-0.4, -0.2) is 16.4 Å². The predicted octanol–water partition coefficient (Wildman–Crippen LogP) is 3.55. The van der Waals surface area contributed by atoms with E-state index in [-0.39, 0.29) is 18.4 Å². The summed E-state index contributed by atoms with van der Waals surface area (Å²) in [6.45, 7) is 3.76. The molecule has 5 heteroatoms. The number of anilines is 2. The molecule has 5 nitrogen and oxygen atoms in total. The highest BCUT2D eigenvalue weighted by Gasteiger charge is 2.07. The maximum Gasteiger partial charge on any atom is 0.244 e. The van der Waals surface area contributed by atoms with E-state index in [1.165, 1.54) is 12.5 Å². The standard InChI is InChI=1S/C19H19N3O2/c1-13-3-8-18-15(11-13)9-10-22(18)12-19(24)21-17-6-4-16(5-7-17)20-14(2)23/h3-11H,12H2,1-2H3,(H,20,23)(H,21,24).